The summed E-state index contributed by atoms with van der Waals surface area (Å²) in [5, 5.41) is 10.3. The number of H-pyrrole nitrogens is 1. The fourth-order valence-corrected chi connectivity index (χ4v) is 2.41. The third-order valence-electron chi connectivity index (χ3n) is 2.78. The summed E-state index contributed by atoms with van der Waals surface area (Å²) >= 11 is 1.46. The van der Waals surface area contributed by atoms with Crippen LogP contribution in [-0.2, 0) is 18.3 Å². The van der Waals surface area contributed by atoms with Gasteiger partial charge in [0.2, 0.25) is 0 Å². The SMILES string of the molecule is COCCNCc1ccc(Sc2n[nH]c(=O)n2C)cc1. The van der Waals surface area contributed by atoms with Crippen molar-refractivity contribution >= 4 is 11.8 Å². The first kappa shape index (κ1) is 14.8. The fourth-order valence-electron chi connectivity index (χ4n) is 1.61. The number of methoxy groups -OCH3 is 1. The highest BCUT2D eigenvalue weighted by atomic mass is 32.2. The Morgan fingerprint density at radius 2 is 2.15 bits per heavy atom. The first-order chi connectivity index (χ1) is 9.70. The molecule has 0 fully saturated rings. The summed E-state index contributed by atoms with van der Waals surface area (Å²) in [6, 6.07) is 8.17. The molecule has 20 heavy (non-hydrogen) atoms. The molecule has 0 bridgehead atoms. The first-order valence-electron chi connectivity index (χ1n) is 6.28. The summed E-state index contributed by atoms with van der Waals surface area (Å²) in [6.45, 7) is 2.36. The van der Waals surface area contributed by atoms with Gasteiger partial charge < -0.3 is 10.1 Å². The molecule has 0 radical (unpaired) electrons. The number of aromatic nitrogens is 3. The van der Waals surface area contributed by atoms with Crippen LogP contribution in [0, 0.1) is 0 Å². The quantitative estimate of drug-likeness (QED) is 0.745. The van der Waals surface area contributed by atoms with Gasteiger partial charge in [0.05, 0.1) is 6.61 Å². The lowest BCUT2D eigenvalue weighted by molar-refractivity contribution is 0.199. The number of hydrogen-bond acceptors (Lipinski definition) is 5. The Hall–Kier alpha value is -1.57. The van der Waals surface area contributed by atoms with Gasteiger partial charge in [-0.1, -0.05) is 12.1 Å². The van der Waals surface area contributed by atoms with Crippen LogP contribution in [0.1, 0.15) is 5.56 Å². The normalized spacial score (nSPS) is 10.9. The van der Waals surface area contributed by atoms with Crippen molar-refractivity contribution in [2.75, 3.05) is 20.3 Å². The van der Waals surface area contributed by atoms with E-state index in [0.717, 1.165) is 18.0 Å². The first-order valence-corrected chi connectivity index (χ1v) is 7.10. The lowest BCUT2D eigenvalue weighted by atomic mass is 10.2. The molecule has 0 aliphatic rings. The summed E-state index contributed by atoms with van der Waals surface area (Å²) < 4.78 is 6.47. The van der Waals surface area contributed by atoms with Crippen molar-refractivity contribution in [3.05, 3.63) is 40.3 Å². The maximum atomic E-state index is 11.3. The minimum absolute atomic E-state index is 0.202. The zero-order valence-corrected chi connectivity index (χ0v) is 12.4. The maximum absolute atomic E-state index is 11.3. The molecule has 1 aromatic heterocycles. The molecule has 1 heterocycles. The number of nitrogens with zero attached hydrogens (tertiary/aromatic N) is 2. The van der Waals surface area contributed by atoms with Crippen LogP contribution in [0.2, 0.25) is 0 Å². The highest BCUT2D eigenvalue weighted by Crippen LogP contribution is 2.24. The van der Waals surface area contributed by atoms with Gasteiger partial charge in [-0.25, -0.2) is 9.89 Å². The van der Waals surface area contributed by atoms with Crippen LogP contribution in [0.25, 0.3) is 0 Å². The highest BCUT2D eigenvalue weighted by Gasteiger charge is 2.06. The number of rotatable bonds is 7. The van der Waals surface area contributed by atoms with Crippen LogP contribution in [-0.4, -0.2) is 35.0 Å². The van der Waals surface area contributed by atoms with Crippen molar-refractivity contribution in [3.8, 4) is 0 Å². The van der Waals surface area contributed by atoms with E-state index >= 15 is 0 Å². The molecule has 0 saturated carbocycles. The van der Waals surface area contributed by atoms with E-state index < -0.39 is 0 Å². The van der Waals surface area contributed by atoms with Gasteiger partial charge in [0.25, 0.3) is 0 Å². The molecule has 108 valence electrons. The van der Waals surface area contributed by atoms with Gasteiger partial charge in [-0.3, -0.25) is 4.57 Å². The van der Waals surface area contributed by atoms with Crippen LogP contribution in [0.3, 0.4) is 0 Å². The fraction of sp³-hybridized carbons (Fsp3) is 0.385. The van der Waals surface area contributed by atoms with Gasteiger partial charge in [-0.05, 0) is 29.5 Å². The Bertz CT molecular complexity index is 591. The van der Waals surface area contributed by atoms with E-state index in [2.05, 4.69) is 27.6 Å². The average Bonchev–Trinajstić information content (AvgIpc) is 2.77. The number of nitrogens with one attached hydrogen (secondary N) is 2. The Kier molecular flexibility index (Phi) is 5.40. The topological polar surface area (TPSA) is 71.9 Å². The number of benzene rings is 1. The van der Waals surface area contributed by atoms with E-state index in [1.807, 2.05) is 12.1 Å². The van der Waals surface area contributed by atoms with Crippen molar-refractivity contribution in [3.63, 3.8) is 0 Å². The van der Waals surface area contributed by atoms with E-state index in [1.165, 1.54) is 21.9 Å². The molecule has 0 unspecified atom stereocenters. The van der Waals surface area contributed by atoms with Gasteiger partial charge in [0, 0.05) is 32.1 Å². The van der Waals surface area contributed by atoms with E-state index in [4.69, 9.17) is 4.74 Å². The molecule has 7 heteroatoms. The van der Waals surface area contributed by atoms with E-state index in [1.54, 1.807) is 14.2 Å². The second-order valence-electron chi connectivity index (χ2n) is 4.29. The maximum Gasteiger partial charge on any atom is 0.343 e. The van der Waals surface area contributed by atoms with Gasteiger partial charge >= 0.3 is 5.69 Å². The molecule has 2 N–H and O–H groups in total. The lowest BCUT2D eigenvalue weighted by Gasteiger charge is -2.05. The lowest BCUT2D eigenvalue weighted by Crippen LogP contribution is -2.18. The van der Waals surface area contributed by atoms with E-state index in [9.17, 15) is 4.79 Å². The summed E-state index contributed by atoms with van der Waals surface area (Å²) in [5.74, 6) is 0. The minimum atomic E-state index is -0.202. The Labute approximate surface area is 121 Å². The van der Waals surface area contributed by atoms with Crippen LogP contribution in [0.4, 0.5) is 0 Å². The van der Waals surface area contributed by atoms with Gasteiger partial charge in [-0.2, -0.15) is 0 Å². The molecular formula is C13H18N4O2S. The third-order valence-corrected chi connectivity index (χ3v) is 3.84. The standard InChI is InChI=1S/C13H18N4O2S/c1-17-12(18)15-16-13(17)20-11-5-3-10(4-6-11)9-14-7-8-19-2/h3-6,14H,7-9H2,1-2H3,(H,15,18). The van der Waals surface area contributed by atoms with Crippen LogP contribution >= 0.6 is 11.8 Å². The Morgan fingerprint density at radius 3 is 2.75 bits per heavy atom. The van der Waals surface area contributed by atoms with Gasteiger partial charge in [0.15, 0.2) is 5.16 Å². The number of hydrogen-bond donors (Lipinski definition) is 2. The predicted molar refractivity (Wildman–Crippen MR) is 78.0 cm³/mol. The Balaban J connectivity index is 1.91. The Morgan fingerprint density at radius 1 is 1.40 bits per heavy atom. The molecule has 0 amide bonds. The monoisotopic (exact) mass is 294 g/mol. The van der Waals surface area contributed by atoms with Gasteiger partial charge in [0.1, 0.15) is 0 Å². The highest BCUT2D eigenvalue weighted by molar-refractivity contribution is 7.99. The third kappa shape index (κ3) is 3.96. The molecule has 0 spiro atoms. The van der Waals surface area contributed by atoms with Crippen molar-refractivity contribution in [1.29, 1.82) is 0 Å². The van der Waals surface area contributed by atoms with Crippen LogP contribution < -0.4 is 11.0 Å². The largest absolute Gasteiger partial charge is 0.383 e. The molecular weight excluding hydrogens is 276 g/mol. The molecule has 6 nitrogen and oxygen atoms in total. The van der Waals surface area contributed by atoms with E-state index in [0.29, 0.717) is 11.8 Å². The van der Waals surface area contributed by atoms with Crippen molar-refractivity contribution in [2.45, 2.75) is 16.6 Å². The summed E-state index contributed by atoms with van der Waals surface area (Å²) in [7, 11) is 3.39. The molecule has 1 aromatic carbocycles. The van der Waals surface area contributed by atoms with Crippen LogP contribution in [0.5, 0.6) is 0 Å². The minimum Gasteiger partial charge on any atom is -0.383 e. The average molecular weight is 294 g/mol. The second-order valence-corrected chi connectivity index (χ2v) is 5.33. The molecule has 2 rings (SSSR count). The zero-order chi connectivity index (χ0) is 14.4. The molecule has 0 aliphatic heterocycles. The molecule has 0 atom stereocenters. The number of aromatic amines is 1. The van der Waals surface area contributed by atoms with Crippen molar-refractivity contribution < 1.29 is 4.74 Å². The molecule has 2 aromatic rings. The van der Waals surface area contributed by atoms with Crippen LogP contribution in [0.15, 0.2) is 39.1 Å². The van der Waals surface area contributed by atoms with Crippen molar-refractivity contribution in [1.82, 2.24) is 20.1 Å². The molecule has 0 aliphatic carbocycles. The van der Waals surface area contributed by atoms with E-state index in [-0.39, 0.29) is 5.69 Å². The summed E-state index contributed by atoms with van der Waals surface area (Å²) in [5.41, 5.74) is 1.01. The van der Waals surface area contributed by atoms with Gasteiger partial charge in [-0.15, -0.1) is 5.10 Å². The van der Waals surface area contributed by atoms with Crippen molar-refractivity contribution in [2.24, 2.45) is 7.05 Å². The zero-order valence-electron chi connectivity index (χ0n) is 11.5. The summed E-state index contributed by atoms with van der Waals surface area (Å²) in [6.07, 6.45) is 0. The smallest absolute Gasteiger partial charge is 0.343 e. The predicted octanol–water partition coefficient (Wildman–Crippen LogP) is 0.996. The second kappa shape index (κ2) is 7.28. The molecule has 0 saturated heterocycles. The summed E-state index contributed by atoms with van der Waals surface area (Å²) in [4.78, 5) is 12.3. The number of ether oxygens (including phenoxy) is 1.